The normalized spacial score (nSPS) is 17.7. The number of fused-ring (bicyclic) bond motifs is 1. The summed E-state index contributed by atoms with van der Waals surface area (Å²) in [5.74, 6) is 0.758. The third-order valence-corrected chi connectivity index (χ3v) is 6.47. The van der Waals surface area contributed by atoms with Crippen LogP contribution in [0.15, 0.2) is 70.0 Å². The Labute approximate surface area is 191 Å². The minimum absolute atomic E-state index is 0.120. The second-order valence-corrected chi connectivity index (χ2v) is 8.89. The minimum atomic E-state index is 0.120. The van der Waals surface area contributed by atoms with Crippen molar-refractivity contribution in [2.24, 2.45) is 11.0 Å². The molecule has 0 saturated carbocycles. The molecule has 2 aliphatic rings. The highest BCUT2D eigenvalue weighted by atomic mass is 35.5. The number of halogens is 1. The predicted molar refractivity (Wildman–Crippen MR) is 132 cm³/mol. The molecule has 0 saturated heterocycles. The molecule has 2 aliphatic heterocycles. The molecular weight excluding hydrogens is 404 g/mol. The third-order valence-electron chi connectivity index (χ3n) is 6.22. The number of rotatable bonds is 8. The van der Waals surface area contributed by atoms with Crippen LogP contribution < -0.4 is 0 Å². The summed E-state index contributed by atoms with van der Waals surface area (Å²) in [4.78, 5) is 13.7. The van der Waals surface area contributed by atoms with Crippen LogP contribution in [0.2, 0.25) is 5.02 Å². The Hall–Kier alpha value is -2.39. The quantitative estimate of drug-likeness (QED) is 0.391. The van der Waals surface area contributed by atoms with Crippen LogP contribution >= 0.6 is 11.6 Å². The standard InChI is InChI=1S/C27H33ClN2O/c1-5-8-21(6-2)12-10-20(4)27(31)24-17-11-19(3)25-9-7-18-29-30(25)26(24)22-13-15-23(28)16-14-22/h7,9-10,13-16,18,21H,5-6,8,11-12,17H2,1-4H3/b20-10-. The van der Waals surface area contributed by atoms with E-state index in [0.29, 0.717) is 17.4 Å². The average molecular weight is 437 g/mol. The van der Waals surface area contributed by atoms with Crippen molar-refractivity contribution >= 4 is 29.3 Å². The number of hydrogen-bond acceptors (Lipinski definition) is 3. The van der Waals surface area contributed by atoms with Crippen molar-refractivity contribution in [3.63, 3.8) is 0 Å². The summed E-state index contributed by atoms with van der Waals surface area (Å²) >= 11 is 6.15. The molecule has 3 rings (SSSR count). The number of nitrogens with zero attached hydrogens (tertiary/aromatic N) is 2. The Morgan fingerprint density at radius 2 is 1.97 bits per heavy atom. The summed E-state index contributed by atoms with van der Waals surface area (Å²) < 4.78 is 0. The van der Waals surface area contributed by atoms with E-state index in [1.54, 1.807) is 6.21 Å². The molecule has 0 N–H and O–H groups in total. The van der Waals surface area contributed by atoms with Crippen LogP contribution in [0, 0.1) is 5.92 Å². The summed E-state index contributed by atoms with van der Waals surface area (Å²) in [5, 5.41) is 7.25. The van der Waals surface area contributed by atoms with Gasteiger partial charge in [0.2, 0.25) is 0 Å². The van der Waals surface area contributed by atoms with Crippen molar-refractivity contribution < 1.29 is 4.79 Å². The minimum Gasteiger partial charge on any atom is -0.289 e. The van der Waals surface area contributed by atoms with Crippen LogP contribution in [0.4, 0.5) is 0 Å². The number of hydrogen-bond donors (Lipinski definition) is 0. The zero-order chi connectivity index (χ0) is 22.4. The first kappa shape index (κ1) is 23.3. The van der Waals surface area contributed by atoms with E-state index in [0.717, 1.165) is 47.4 Å². The third kappa shape index (κ3) is 5.46. The summed E-state index contributed by atoms with van der Waals surface area (Å²) in [6.45, 7) is 8.54. The number of hydrazone groups is 1. The van der Waals surface area contributed by atoms with E-state index in [-0.39, 0.29) is 5.78 Å². The van der Waals surface area contributed by atoms with Gasteiger partial charge in [0, 0.05) is 22.4 Å². The Morgan fingerprint density at radius 3 is 2.65 bits per heavy atom. The van der Waals surface area contributed by atoms with Crippen LogP contribution in [0.5, 0.6) is 0 Å². The maximum absolute atomic E-state index is 13.7. The zero-order valence-corrected chi connectivity index (χ0v) is 19.9. The van der Waals surface area contributed by atoms with Crippen molar-refractivity contribution in [1.29, 1.82) is 0 Å². The Morgan fingerprint density at radius 1 is 1.23 bits per heavy atom. The van der Waals surface area contributed by atoms with Gasteiger partial charge < -0.3 is 0 Å². The fourth-order valence-corrected chi connectivity index (χ4v) is 4.38. The van der Waals surface area contributed by atoms with E-state index in [9.17, 15) is 4.79 Å². The lowest BCUT2D eigenvalue weighted by Crippen LogP contribution is -2.20. The van der Waals surface area contributed by atoms with Gasteiger partial charge in [0.05, 0.1) is 11.4 Å². The first-order valence-electron chi connectivity index (χ1n) is 11.4. The topological polar surface area (TPSA) is 32.7 Å². The first-order valence-corrected chi connectivity index (χ1v) is 11.7. The molecule has 4 heteroatoms. The maximum atomic E-state index is 13.7. The fraction of sp³-hybridized carbons (Fsp3) is 0.407. The van der Waals surface area contributed by atoms with E-state index in [1.807, 2.05) is 42.3 Å². The Bertz CT molecular complexity index is 963. The van der Waals surface area contributed by atoms with Gasteiger partial charge in [-0.15, -0.1) is 0 Å². The molecule has 0 bridgehead atoms. The summed E-state index contributed by atoms with van der Waals surface area (Å²) in [5.41, 5.74) is 5.75. The van der Waals surface area contributed by atoms with Gasteiger partial charge >= 0.3 is 0 Å². The monoisotopic (exact) mass is 436 g/mol. The lowest BCUT2D eigenvalue weighted by Gasteiger charge is -2.27. The second kappa shape index (κ2) is 10.8. The highest BCUT2D eigenvalue weighted by Crippen LogP contribution is 2.38. The summed E-state index contributed by atoms with van der Waals surface area (Å²) in [6.07, 6.45) is 14.0. The number of Topliss-reactive ketones (excluding diaryl/α,β-unsaturated/α-hetero) is 1. The zero-order valence-electron chi connectivity index (χ0n) is 19.1. The van der Waals surface area contributed by atoms with Gasteiger partial charge in [-0.1, -0.05) is 62.9 Å². The largest absolute Gasteiger partial charge is 0.289 e. The van der Waals surface area contributed by atoms with E-state index in [2.05, 4.69) is 38.0 Å². The molecule has 0 radical (unpaired) electrons. The molecule has 0 aromatic heterocycles. The summed E-state index contributed by atoms with van der Waals surface area (Å²) in [6, 6.07) is 7.70. The van der Waals surface area contributed by atoms with Crippen molar-refractivity contribution in [3.05, 3.63) is 75.5 Å². The lowest BCUT2D eigenvalue weighted by atomic mass is 9.92. The number of ketones is 1. The molecule has 164 valence electrons. The number of carbonyl (C=O) groups is 1. The average Bonchev–Trinajstić information content (AvgIpc) is 2.93. The van der Waals surface area contributed by atoms with Crippen molar-refractivity contribution in [1.82, 2.24) is 5.01 Å². The van der Waals surface area contributed by atoms with E-state index < -0.39 is 0 Å². The SMILES string of the molecule is CCCC(CC)C/C=C(/C)C(=O)C1=C(c2ccc(Cl)cc2)N2N=CC=CC2=C(C)CC1. The molecule has 0 aliphatic carbocycles. The fourth-order valence-electron chi connectivity index (χ4n) is 4.26. The number of carbonyl (C=O) groups excluding carboxylic acids is 1. The second-order valence-electron chi connectivity index (χ2n) is 8.45. The van der Waals surface area contributed by atoms with Gasteiger partial charge in [-0.2, -0.15) is 5.10 Å². The van der Waals surface area contributed by atoms with Gasteiger partial charge in [0.25, 0.3) is 0 Å². The van der Waals surface area contributed by atoms with Crippen LogP contribution in [0.1, 0.15) is 71.8 Å². The number of allylic oxidation sites excluding steroid dienone is 6. The predicted octanol–water partition coefficient (Wildman–Crippen LogP) is 7.71. The van der Waals surface area contributed by atoms with Gasteiger partial charge in [0.15, 0.2) is 5.78 Å². The molecule has 0 fully saturated rings. The van der Waals surface area contributed by atoms with Gasteiger partial charge in [-0.25, -0.2) is 5.01 Å². The molecule has 1 unspecified atom stereocenters. The lowest BCUT2D eigenvalue weighted by molar-refractivity contribution is -0.112. The van der Waals surface area contributed by atoms with Crippen molar-refractivity contribution in [3.8, 4) is 0 Å². The molecular formula is C27H33ClN2O. The van der Waals surface area contributed by atoms with Crippen LogP contribution in [-0.2, 0) is 4.79 Å². The van der Waals surface area contributed by atoms with Gasteiger partial charge in [0.1, 0.15) is 0 Å². The highest BCUT2D eigenvalue weighted by Gasteiger charge is 2.28. The molecule has 31 heavy (non-hydrogen) atoms. The van der Waals surface area contributed by atoms with E-state index in [4.69, 9.17) is 11.6 Å². The highest BCUT2D eigenvalue weighted by molar-refractivity contribution is 6.30. The van der Waals surface area contributed by atoms with Crippen molar-refractivity contribution in [2.75, 3.05) is 0 Å². The molecule has 2 heterocycles. The van der Waals surface area contributed by atoms with E-state index in [1.165, 1.54) is 18.4 Å². The van der Waals surface area contributed by atoms with Crippen molar-refractivity contribution in [2.45, 2.75) is 66.2 Å². The molecule has 3 nitrogen and oxygen atoms in total. The van der Waals surface area contributed by atoms with E-state index >= 15 is 0 Å². The first-order chi connectivity index (χ1) is 15.0. The molecule has 1 aromatic carbocycles. The van der Waals surface area contributed by atoms with Gasteiger partial charge in [-0.3, -0.25) is 4.79 Å². The smallest absolute Gasteiger partial charge is 0.186 e. The Kier molecular flexibility index (Phi) is 8.09. The van der Waals surface area contributed by atoms with Crippen LogP contribution in [-0.4, -0.2) is 17.0 Å². The summed E-state index contributed by atoms with van der Waals surface area (Å²) in [7, 11) is 0. The molecule has 1 atom stereocenters. The van der Waals surface area contributed by atoms with Crippen LogP contribution in [0.25, 0.3) is 5.70 Å². The van der Waals surface area contributed by atoms with Crippen LogP contribution in [0.3, 0.4) is 0 Å². The Balaban J connectivity index is 2.05. The molecule has 1 aromatic rings. The molecule has 0 amide bonds. The molecule has 0 spiro atoms. The maximum Gasteiger partial charge on any atom is 0.186 e. The number of benzene rings is 1. The van der Waals surface area contributed by atoms with Gasteiger partial charge in [-0.05, 0) is 74.5 Å².